The number of hydrogen-bond acceptors (Lipinski definition) is 3. The van der Waals surface area contributed by atoms with Gasteiger partial charge in [0.1, 0.15) is 17.7 Å². The quantitative estimate of drug-likeness (QED) is 0.628. The lowest BCUT2D eigenvalue weighted by atomic mass is 10.1. The van der Waals surface area contributed by atoms with E-state index in [1.165, 1.54) is 34.9 Å². The second-order valence-electron chi connectivity index (χ2n) is 6.70. The molecule has 1 N–H and O–H groups in total. The highest BCUT2D eigenvalue weighted by molar-refractivity contribution is 7.99. The first-order chi connectivity index (χ1) is 13.9. The molecule has 4 nitrogen and oxygen atoms in total. The van der Waals surface area contributed by atoms with E-state index in [9.17, 15) is 18.4 Å². The van der Waals surface area contributed by atoms with Gasteiger partial charge in [0, 0.05) is 18.8 Å². The monoisotopic (exact) mass is 420 g/mol. The number of nitrogens with one attached hydrogen (secondary N) is 1. The number of hydrogen-bond donors (Lipinski definition) is 1. The fraction of sp³-hybridized carbons (Fsp3) is 0.364. The van der Waals surface area contributed by atoms with Crippen LogP contribution in [-0.2, 0) is 21.9 Å². The van der Waals surface area contributed by atoms with Crippen molar-refractivity contribution in [1.29, 1.82) is 0 Å². The Balaban J connectivity index is 2.05. The van der Waals surface area contributed by atoms with Crippen LogP contribution < -0.4 is 5.32 Å². The minimum atomic E-state index is -0.673. The molecule has 0 saturated carbocycles. The standard InChI is InChI=1S/C22H26F2N2O2S/c1-3-12-25-22(28)16(2)26(13-17-8-10-19(23)11-9-17)21(27)15-29-14-18-6-4-5-7-20(18)24/h4-11,16H,3,12-15H2,1-2H3,(H,25,28). The molecule has 156 valence electrons. The molecule has 2 amide bonds. The van der Waals surface area contributed by atoms with Crippen molar-refractivity contribution in [3.63, 3.8) is 0 Å². The van der Waals surface area contributed by atoms with E-state index in [1.807, 2.05) is 6.92 Å². The van der Waals surface area contributed by atoms with Crippen LogP contribution in [0.2, 0.25) is 0 Å². The van der Waals surface area contributed by atoms with Crippen LogP contribution in [0.1, 0.15) is 31.4 Å². The summed E-state index contributed by atoms with van der Waals surface area (Å²) in [5, 5.41) is 2.80. The zero-order valence-corrected chi connectivity index (χ0v) is 17.5. The van der Waals surface area contributed by atoms with Crippen LogP contribution in [0.15, 0.2) is 48.5 Å². The second-order valence-corrected chi connectivity index (χ2v) is 7.68. The SMILES string of the molecule is CCCNC(=O)C(C)N(Cc1ccc(F)cc1)C(=O)CSCc1ccccc1F. The second kappa shape index (κ2) is 11.6. The molecule has 0 spiro atoms. The van der Waals surface area contributed by atoms with Gasteiger partial charge in [-0.2, -0.15) is 0 Å². The Kier molecular flexibility index (Phi) is 9.12. The number of halogens is 2. The van der Waals surface area contributed by atoms with Crippen LogP contribution in [0.3, 0.4) is 0 Å². The number of carbonyl (C=O) groups excluding carboxylic acids is 2. The summed E-state index contributed by atoms with van der Waals surface area (Å²) in [5.41, 5.74) is 1.26. The van der Waals surface area contributed by atoms with Crippen LogP contribution >= 0.6 is 11.8 Å². The predicted molar refractivity (Wildman–Crippen MR) is 112 cm³/mol. The summed E-state index contributed by atoms with van der Waals surface area (Å²) in [6.07, 6.45) is 0.795. The molecule has 2 rings (SSSR count). The fourth-order valence-corrected chi connectivity index (χ4v) is 3.61. The lowest BCUT2D eigenvalue weighted by Gasteiger charge is -2.28. The minimum absolute atomic E-state index is 0.112. The van der Waals surface area contributed by atoms with Gasteiger partial charge < -0.3 is 10.2 Å². The number of nitrogens with zero attached hydrogens (tertiary/aromatic N) is 1. The third-order valence-corrected chi connectivity index (χ3v) is 5.39. The molecule has 1 atom stereocenters. The topological polar surface area (TPSA) is 49.4 Å². The van der Waals surface area contributed by atoms with E-state index in [0.29, 0.717) is 17.9 Å². The average molecular weight is 421 g/mol. The van der Waals surface area contributed by atoms with E-state index in [4.69, 9.17) is 0 Å². The van der Waals surface area contributed by atoms with Crippen molar-refractivity contribution < 1.29 is 18.4 Å². The molecule has 29 heavy (non-hydrogen) atoms. The predicted octanol–water partition coefficient (Wildman–Crippen LogP) is 4.14. The highest BCUT2D eigenvalue weighted by atomic mass is 32.2. The maximum Gasteiger partial charge on any atom is 0.242 e. The molecule has 1 unspecified atom stereocenters. The molecule has 2 aromatic rings. The lowest BCUT2D eigenvalue weighted by molar-refractivity contribution is -0.138. The first-order valence-corrected chi connectivity index (χ1v) is 10.7. The lowest BCUT2D eigenvalue weighted by Crippen LogP contribution is -2.48. The molecule has 0 aliphatic carbocycles. The van der Waals surface area contributed by atoms with E-state index in [1.54, 1.807) is 37.3 Å². The Bertz CT molecular complexity index is 815. The molecule has 7 heteroatoms. The highest BCUT2D eigenvalue weighted by Crippen LogP contribution is 2.18. The van der Waals surface area contributed by atoms with Crippen LogP contribution in [0, 0.1) is 11.6 Å². The van der Waals surface area contributed by atoms with Crippen molar-refractivity contribution >= 4 is 23.6 Å². The molecule has 0 aliphatic rings. The van der Waals surface area contributed by atoms with E-state index in [-0.39, 0.29) is 35.7 Å². The fourth-order valence-electron chi connectivity index (χ4n) is 2.71. The number of benzene rings is 2. The molecular formula is C22H26F2N2O2S. The largest absolute Gasteiger partial charge is 0.354 e. The third-order valence-electron chi connectivity index (χ3n) is 4.42. The first kappa shape index (κ1) is 22.9. The number of rotatable bonds is 10. The van der Waals surface area contributed by atoms with Crippen molar-refractivity contribution in [2.75, 3.05) is 12.3 Å². The zero-order chi connectivity index (χ0) is 21.2. The number of amides is 2. The Labute approximate surface area is 174 Å². The Morgan fingerprint density at radius 2 is 1.79 bits per heavy atom. The van der Waals surface area contributed by atoms with Crippen molar-refractivity contribution in [3.8, 4) is 0 Å². The molecule has 0 radical (unpaired) electrons. The maximum absolute atomic E-state index is 13.8. The average Bonchev–Trinajstić information content (AvgIpc) is 2.72. The van der Waals surface area contributed by atoms with Gasteiger partial charge in [0.05, 0.1) is 5.75 Å². The van der Waals surface area contributed by atoms with Crippen LogP contribution in [0.25, 0.3) is 0 Å². The third kappa shape index (κ3) is 7.16. The van der Waals surface area contributed by atoms with Crippen molar-refractivity contribution in [3.05, 3.63) is 71.3 Å². The molecule has 0 saturated heterocycles. The van der Waals surface area contributed by atoms with Gasteiger partial charge in [-0.1, -0.05) is 37.3 Å². The van der Waals surface area contributed by atoms with Gasteiger partial charge in [-0.3, -0.25) is 9.59 Å². The molecule has 0 fully saturated rings. The van der Waals surface area contributed by atoms with Gasteiger partial charge in [-0.15, -0.1) is 11.8 Å². The normalized spacial score (nSPS) is 11.7. The molecule has 0 aliphatic heterocycles. The smallest absolute Gasteiger partial charge is 0.242 e. The number of thioether (sulfide) groups is 1. The Hall–Kier alpha value is -2.41. The zero-order valence-electron chi connectivity index (χ0n) is 16.7. The van der Waals surface area contributed by atoms with E-state index >= 15 is 0 Å². The summed E-state index contributed by atoms with van der Waals surface area (Å²) in [4.78, 5) is 26.8. The van der Waals surface area contributed by atoms with E-state index in [0.717, 1.165) is 12.0 Å². The number of carbonyl (C=O) groups is 2. The Morgan fingerprint density at radius 1 is 1.10 bits per heavy atom. The maximum atomic E-state index is 13.8. The summed E-state index contributed by atoms with van der Waals surface area (Å²) in [7, 11) is 0. The van der Waals surface area contributed by atoms with Crippen molar-refractivity contribution in [2.45, 2.75) is 38.6 Å². The van der Waals surface area contributed by atoms with Crippen LogP contribution in [0.5, 0.6) is 0 Å². The molecule has 0 heterocycles. The summed E-state index contributed by atoms with van der Waals surface area (Å²) >= 11 is 1.29. The first-order valence-electron chi connectivity index (χ1n) is 9.55. The molecule has 0 aromatic heterocycles. The van der Waals surface area contributed by atoms with Crippen LogP contribution in [-0.4, -0.2) is 35.1 Å². The summed E-state index contributed by atoms with van der Waals surface area (Å²) in [5.74, 6) is -0.653. The highest BCUT2D eigenvalue weighted by Gasteiger charge is 2.25. The van der Waals surface area contributed by atoms with Crippen molar-refractivity contribution in [2.24, 2.45) is 0 Å². The van der Waals surface area contributed by atoms with E-state index in [2.05, 4.69) is 5.32 Å². The van der Waals surface area contributed by atoms with Gasteiger partial charge in [-0.25, -0.2) is 8.78 Å². The minimum Gasteiger partial charge on any atom is -0.354 e. The molecule has 2 aromatic carbocycles. The summed E-state index contributed by atoms with van der Waals surface area (Å²) in [6, 6.07) is 11.6. The van der Waals surface area contributed by atoms with Gasteiger partial charge >= 0.3 is 0 Å². The Morgan fingerprint density at radius 3 is 2.45 bits per heavy atom. The molecular weight excluding hydrogens is 394 g/mol. The van der Waals surface area contributed by atoms with Crippen molar-refractivity contribution in [1.82, 2.24) is 10.2 Å². The van der Waals surface area contributed by atoms with Crippen LogP contribution in [0.4, 0.5) is 8.78 Å². The summed E-state index contributed by atoms with van der Waals surface area (Å²) < 4.78 is 26.9. The van der Waals surface area contributed by atoms with Gasteiger partial charge in [0.2, 0.25) is 11.8 Å². The van der Waals surface area contributed by atoms with E-state index < -0.39 is 6.04 Å². The summed E-state index contributed by atoms with van der Waals surface area (Å²) in [6.45, 7) is 4.35. The molecule has 0 bridgehead atoms. The van der Waals surface area contributed by atoms with Gasteiger partial charge in [0.25, 0.3) is 0 Å². The van der Waals surface area contributed by atoms with Gasteiger partial charge in [-0.05, 0) is 42.7 Å². The van der Waals surface area contributed by atoms with Gasteiger partial charge in [0.15, 0.2) is 0 Å².